The van der Waals surface area contributed by atoms with E-state index in [-0.39, 0.29) is 11.0 Å². The predicted molar refractivity (Wildman–Crippen MR) is 61.1 cm³/mol. The Balaban J connectivity index is 4.33. The van der Waals surface area contributed by atoms with E-state index in [1.165, 1.54) is 0 Å². The molecule has 0 aromatic carbocycles. The smallest absolute Gasteiger partial charge is 0.125 e. The van der Waals surface area contributed by atoms with Crippen LogP contribution in [0.15, 0.2) is 12.3 Å². The van der Waals surface area contributed by atoms with Crippen molar-refractivity contribution in [2.24, 2.45) is 5.41 Å². The van der Waals surface area contributed by atoms with Crippen molar-refractivity contribution in [3.05, 3.63) is 12.3 Å². The van der Waals surface area contributed by atoms with Gasteiger partial charge in [-0.05, 0) is 26.7 Å². The van der Waals surface area contributed by atoms with E-state index in [1.54, 1.807) is 0 Å². The summed E-state index contributed by atoms with van der Waals surface area (Å²) in [4.78, 5) is 10.8. The highest BCUT2D eigenvalue weighted by Gasteiger charge is 2.28. The van der Waals surface area contributed by atoms with Crippen LogP contribution in [0.25, 0.3) is 0 Å². The maximum atomic E-state index is 10.8. The molecule has 0 rings (SSSR count). The van der Waals surface area contributed by atoms with Crippen molar-refractivity contribution >= 4 is 6.29 Å². The number of carbonyl (C=O) groups is 1. The molecular formula is C12H23NO. The molecular weight excluding hydrogens is 174 g/mol. The second-order valence-corrected chi connectivity index (χ2v) is 5.25. The maximum absolute atomic E-state index is 10.8. The third-order valence-corrected chi connectivity index (χ3v) is 2.16. The molecule has 2 nitrogen and oxygen atoms in total. The second kappa shape index (κ2) is 4.63. The topological polar surface area (TPSA) is 29.1 Å². The van der Waals surface area contributed by atoms with Crippen LogP contribution in [0.4, 0.5) is 0 Å². The Morgan fingerprint density at radius 1 is 1.36 bits per heavy atom. The van der Waals surface area contributed by atoms with Gasteiger partial charge in [0, 0.05) is 16.7 Å². The number of hydrogen-bond donors (Lipinski definition) is 1. The minimum atomic E-state index is -0.273. The molecule has 0 spiro atoms. The van der Waals surface area contributed by atoms with Crippen molar-refractivity contribution in [1.82, 2.24) is 5.32 Å². The van der Waals surface area contributed by atoms with Crippen molar-refractivity contribution in [3.8, 4) is 0 Å². The third-order valence-electron chi connectivity index (χ3n) is 2.16. The average Bonchev–Trinajstić information content (AvgIpc) is 2.01. The Morgan fingerprint density at radius 3 is 2.21 bits per heavy atom. The third kappa shape index (κ3) is 5.05. The van der Waals surface area contributed by atoms with Gasteiger partial charge in [-0.15, -0.1) is 0 Å². The Bertz CT molecular complexity index is 216. The average molecular weight is 197 g/mol. The normalized spacial score (nSPS) is 12.4. The number of allylic oxidation sites excluding steroid dienone is 1. The second-order valence-electron chi connectivity index (χ2n) is 5.25. The lowest BCUT2D eigenvalue weighted by Gasteiger charge is -2.33. The van der Waals surface area contributed by atoms with E-state index in [2.05, 4.69) is 32.7 Å². The van der Waals surface area contributed by atoms with Gasteiger partial charge < -0.3 is 10.1 Å². The molecule has 0 aromatic rings. The van der Waals surface area contributed by atoms with E-state index in [9.17, 15) is 4.79 Å². The van der Waals surface area contributed by atoms with Gasteiger partial charge in [0.05, 0.1) is 0 Å². The predicted octanol–water partition coefficient (Wildman–Crippen LogP) is 2.89. The fourth-order valence-corrected chi connectivity index (χ4v) is 1.79. The van der Waals surface area contributed by atoms with Crippen LogP contribution in [-0.2, 0) is 4.79 Å². The number of aldehydes is 1. The maximum Gasteiger partial charge on any atom is 0.125 e. The summed E-state index contributed by atoms with van der Waals surface area (Å²) in [7, 11) is 0. The molecule has 0 radical (unpaired) electrons. The van der Waals surface area contributed by atoms with E-state index >= 15 is 0 Å². The molecule has 0 aliphatic carbocycles. The lowest BCUT2D eigenvalue weighted by molar-refractivity contribution is -0.115. The number of hydrogen-bond acceptors (Lipinski definition) is 2. The summed E-state index contributed by atoms with van der Waals surface area (Å²) in [6.45, 7) is 14.1. The molecule has 0 aromatic heterocycles. The summed E-state index contributed by atoms with van der Waals surface area (Å²) in [5.41, 5.74) is 0.680. The molecule has 0 saturated carbocycles. The van der Waals surface area contributed by atoms with Crippen LogP contribution >= 0.6 is 0 Å². The van der Waals surface area contributed by atoms with Gasteiger partial charge in [0.15, 0.2) is 0 Å². The van der Waals surface area contributed by atoms with Crippen molar-refractivity contribution < 1.29 is 4.79 Å². The van der Waals surface area contributed by atoms with Crippen LogP contribution in [0, 0.1) is 5.41 Å². The standard InChI is InChI=1S/C12H23NO/c1-7-10(2)13-12(5,6)8-11(3,4)9-14/h9,13H,2,7-8H2,1,3-6H3. The van der Waals surface area contributed by atoms with Crippen LogP contribution < -0.4 is 5.32 Å². The van der Waals surface area contributed by atoms with E-state index in [0.29, 0.717) is 0 Å². The Morgan fingerprint density at radius 2 is 1.86 bits per heavy atom. The van der Waals surface area contributed by atoms with Crippen molar-refractivity contribution in [2.75, 3.05) is 0 Å². The van der Waals surface area contributed by atoms with Gasteiger partial charge in [0.2, 0.25) is 0 Å². The fourth-order valence-electron chi connectivity index (χ4n) is 1.79. The highest BCUT2D eigenvalue weighted by atomic mass is 16.1. The van der Waals surface area contributed by atoms with Crippen LogP contribution in [0.2, 0.25) is 0 Å². The lowest BCUT2D eigenvalue weighted by atomic mass is 9.81. The summed E-state index contributed by atoms with van der Waals surface area (Å²) < 4.78 is 0. The van der Waals surface area contributed by atoms with Gasteiger partial charge in [0.1, 0.15) is 6.29 Å². The molecule has 0 atom stereocenters. The van der Waals surface area contributed by atoms with Gasteiger partial charge in [-0.3, -0.25) is 0 Å². The SMILES string of the molecule is C=C(CC)NC(C)(C)CC(C)(C)C=O. The molecule has 82 valence electrons. The fraction of sp³-hybridized carbons (Fsp3) is 0.750. The summed E-state index contributed by atoms with van der Waals surface area (Å²) >= 11 is 0. The van der Waals surface area contributed by atoms with Gasteiger partial charge in [0.25, 0.3) is 0 Å². The zero-order valence-electron chi connectivity index (χ0n) is 10.1. The molecule has 0 unspecified atom stereocenters. The first-order chi connectivity index (χ1) is 6.22. The Kier molecular flexibility index (Phi) is 4.37. The van der Waals surface area contributed by atoms with Crippen LogP contribution in [-0.4, -0.2) is 11.8 Å². The number of rotatable bonds is 6. The Hall–Kier alpha value is -0.790. The lowest BCUT2D eigenvalue weighted by Crippen LogP contribution is -2.42. The minimum Gasteiger partial charge on any atom is -0.384 e. The quantitative estimate of drug-likeness (QED) is 0.663. The monoisotopic (exact) mass is 197 g/mol. The molecule has 1 N–H and O–H groups in total. The molecule has 0 heterocycles. The molecule has 0 amide bonds. The van der Waals surface area contributed by atoms with Crippen LogP contribution in [0.1, 0.15) is 47.5 Å². The molecule has 0 fully saturated rings. The summed E-state index contributed by atoms with van der Waals surface area (Å²) in [6, 6.07) is 0. The van der Waals surface area contributed by atoms with E-state index in [4.69, 9.17) is 0 Å². The molecule has 0 aliphatic heterocycles. The highest BCUT2D eigenvalue weighted by molar-refractivity contribution is 5.58. The van der Waals surface area contributed by atoms with Gasteiger partial charge in [-0.2, -0.15) is 0 Å². The summed E-state index contributed by atoms with van der Waals surface area (Å²) in [6.07, 6.45) is 2.75. The molecule has 14 heavy (non-hydrogen) atoms. The first-order valence-electron chi connectivity index (χ1n) is 5.15. The minimum absolute atomic E-state index is 0.0719. The highest BCUT2D eigenvalue weighted by Crippen LogP contribution is 2.26. The molecule has 0 saturated heterocycles. The first-order valence-corrected chi connectivity index (χ1v) is 5.15. The van der Waals surface area contributed by atoms with Crippen molar-refractivity contribution in [2.45, 2.75) is 53.0 Å². The number of nitrogens with one attached hydrogen (secondary N) is 1. The van der Waals surface area contributed by atoms with Gasteiger partial charge in [-0.25, -0.2) is 0 Å². The van der Waals surface area contributed by atoms with Gasteiger partial charge >= 0.3 is 0 Å². The van der Waals surface area contributed by atoms with Gasteiger partial charge in [-0.1, -0.05) is 27.4 Å². The summed E-state index contributed by atoms with van der Waals surface area (Å²) in [5.74, 6) is 0. The Labute approximate surface area is 87.8 Å². The van der Waals surface area contributed by atoms with E-state index in [0.717, 1.165) is 24.8 Å². The number of carbonyl (C=O) groups excluding carboxylic acids is 1. The van der Waals surface area contributed by atoms with Crippen molar-refractivity contribution in [1.29, 1.82) is 0 Å². The molecule has 2 heteroatoms. The first kappa shape index (κ1) is 13.2. The van der Waals surface area contributed by atoms with E-state index < -0.39 is 0 Å². The molecule has 0 bridgehead atoms. The zero-order valence-corrected chi connectivity index (χ0v) is 10.1. The van der Waals surface area contributed by atoms with Crippen LogP contribution in [0.3, 0.4) is 0 Å². The zero-order chi connectivity index (χ0) is 11.4. The van der Waals surface area contributed by atoms with Crippen molar-refractivity contribution in [3.63, 3.8) is 0 Å². The molecule has 0 aliphatic rings. The largest absolute Gasteiger partial charge is 0.384 e. The van der Waals surface area contributed by atoms with E-state index in [1.807, 2.05) is 13.8 Å². The summed E-state index contributed by atoms with van der Waals surface area (Å²) in [5, 5.41) is 3.34. The van der Waals surface area contributed by atoms with Crippen LogP contribution in [0.5, 0.6) is 0 Å².